The molecule has 5 nitrogen and oxygen atoms in total. The fourth-order valence-corrected chi connectivity index (χ4v) is 8.91. The second-order valence-electron chi connectivity index (χ2n) is 12.7. The van der Waals surface area contributed by atoms with Crippen LogP contribution in [0.3, 0.4) is 0 Å². The van der Waals surface area contributed by atoms with Crippen LogP contribution in [0.25, 0.3) is 76.0 Å². The lowest BCUT2D eigenvalue weighted by Gasteiger charge is -2.39. The predicted molar refractivity (Wildman–Crippen MR) is 191 cm³/mol. The highest BCUT2D eigenvalue weighted by atomic mass is 15.0. The lowest BCUT2D eigenvalue weighted by molar-refractivity contribution is 0.748. The number of aromatic nitrogens is 3. The van der Waals surface area contributed by atoms with Crippen molar-refractivity contribution in [2.45, 2.75) is 5.41 Å². The van der Waals surface area contributed by atoms with E-state index >= 15 is 0 Å². The molecule has 48 heavy (non-hydrogen) atoms. The molecule has 5 heteroatoms. The first-order valence-electron chi connectivity index (χ1n) is 15.9. The molecule has 2 aliphatic rings. The molecule has 0 N–H and O–H groups in total. The summed E-state index contributed by atoms with van der Waals surface area (Å²) in [5.74, 6) is 0.0294. The molecule has 11 rings (SSSR count). The second kappa shape index (κ2) is 8.70. The smallest absolute Gasteiger partial charge is 0.307 e. The van der Waals surface area contributed by atoms with Crippen LogP contribution < -0.4 is 0 Å². The van der Waals surface area contributed by atoms with Gasteiger partial charge in [-0.1, -0.05) is 110 Å². The van der Waals surface area contributed by atoms with Crippen molar-refractivity contribution in [1.82, 2.24) is 14.5 Å². The van der Waals surface area contributed by atoms with E-state index in [0.717, 1.165) is 37.8 Å². The van der Waals surface area contributed by atoms with Gasteiger partial charge in [-0.05, 0) is 68.4 Å². The van der Waals surface area contributed by atoms with Crippen LogP contribution in [0.15, 0.2) is 127 Å². The van der Waals surface area contributed by atoms with Crippen LogP contribution in [0.2, 0.25) is 0 Å². The summed E-state index contributed by atoms with van der Waals surface area (Å²) in [5, 5.41) is 16.1. The van der Waals surface area contributed by atoms with Crippen molar-refractivity contribution in [2.24, 2.45) is 0 Å². The van der Waals surface area contributed by atoms with Gasteiger partial charge in [0.2, 0.25) is 0 Å². The number of hydrogen-bond donors (Lipinski definition) is 0. The quantitative estimate of drug-likeness (QED) is 0.127. The van der Waals surface area contributed by atoms with Crippen molar-refractivity contribution in [3.8, 4) is 22.9 Å². The number of para-hydroxylation sites is 2. The zero-order valence-electron chi connectivity index (χ0n) is 25.4. The Balaban J connectivity index is 1.38. The van der Waals surface area contributed by atoms with E-state index in [1.165, 1.54) is 44.6 Å². The molecule has 0 fully saturated rings. The summed E-state index contributed by atoms with van der Waals surface area (Å²) in [6, 6.07) is 48.1. The summed E-state index contributed by atoms with van der Waals surface area (Å²) in [6.07, 6.45) is 0. The third kappa shape index (κ3) is 2.79. The molecule has 218 valence electrons. The minimum atomic E-state index is -0.476. The molecule has 0 amide bonds. The molecule has 9 aromatic rings. The first-order chi connectivity index (χ1) is 23.7. The zero-order chi connectivity index (χ0) is 31.7. The van der Waals surface area contributed by atoms with Crippen LogP contribution in [0.5, 0.6) is 0 Å². The van der Waals surface area contributed by atoms with E-state index in [-0.39, 0.29) is 11.5 Å². The number of nitrogens with zero attached hydrogens (tertiary/aromatic N) is 5. The van der Waals surface area contributed by atoms with Crippen molar-refractivity contribution in [3.05, 3.63) is 167 Å². The average molecular weight is 608 g/mol. The molecule has 0 bridgehead atoms. The predicted octanol–water partition coefficient (Wildman–Crippen LogP) is 10.1. The third-order valence-corrected chi connectivity index (χ3v) is 10.6. The Hall–Kier alpha value is -6.82. The SMILES string of the molecule is [C-]#[N+]c1nc2c3ccccc3c3cc4c(cc3c2nc1C#N)c1cccc2c1n4-c1ccccc1C21c2ccccc2-c2ccccc21. The normalized spacial score (nSPS) is 13.5. The maximum Gasteiger partial charge on any atom is 0.307 e. The van der Waals surface area contributed by atoms with Gasteiger partial charge in [-0.15, -0.1) is 4.98 Å². The van der Waals surface area contributed by atoms with Crippen LogP contribution in [0.4, 0.5) is 5.82 Å². The van der Waals surface area contributed by atoms with Crippen LogP contribution >= 0.6 is 0 Å². The van der Waals surface area contributed by atoms with E-state index in [4.69, 9.17) is 16.5 Å². The van der Waals surface area contributed by atoms with Crippen molar-refractivity contribution in [2.75, 3.05) is 0 Å². The van der Waals surface area contributed by atoms with Gasteiger partial charge in [-0.25, -0.2) is 4.98 Å². The van der Waals surface area contributed by atoms with Gasteiger partial charge in [0.1, 0.15) is 11.6 Å². The van der Waals surface area contributed by atoms with Gasteiger partial charge < -0.3 is 9.41 Å². The van der Waals surface area contributed by atoms with Gasteiger partial charge >= 0.3 is 5.82 Å². The molecule has 2 aromatic heterocycles. The first kappa shape index (κ1) is 25.4. The number of benzene rings is 7. The molecule has 1 spiro atoms. The maximum atomic E-state index is 9.91. The molecule has 0 unspecified atom stereocenters. The average Bonchev–Trinajstić information content (AvgIpc) is 3.64. The van der Waals surface area contributed by atoms with Crippen molar-refractivity contribution in [3.63, 3.8) is 0 Å². The number of nitriles is 1. The highest BCUT2D eigenvalue weighted by Gasteiger charge is 2.50. The lowest BCUT2D eigenvalue weighted by Crippen LogP contribution is -2.33. The zero-order valence-corrected chi connectivity index (χ0v) is 25.4. The minimum Gasteiger partial charge on any atom is -0.358 e. The molecule has 1 aliphatic carbocycles. The van der Waals surface area contributed by atoms with E-state index < -0.39 is 5.41 Å². The van der Waals surface area contributed by atoms with Crippen molar-refractivity contribution < 1.29 is 0 Å². The molecule has 0 radical (unpaired) electrons. The van der Waals surface area contributed by atoms with Crippen LogP contribution in [0.1, 0.15) is 27.9 Å². The van der Waals surface area contributed by atoms with Crippen LogP contribution in [0, 0.1) is 17.9 Å². The van der Waals surface area contributed by atoms with E-state index in [1.807, 2.05) is 18.2 Å². The Morgan fingerprint density at radius 3 is 1.96 bits per heavy atom. The van der Waals surface area contributed by atoms with Gasteiger partial charge in [0, 0.05) is 21.5 Å². The van der Waals surface area contributed by atoms with Gasteiger partial charge in [0.25, 0.3) is 0 Å². The Morgan fingerprint density at radius 2 is 1.21 bits per heavy atom. The van der Waals surface area contributed by atoms with Crippen molar-refractivity contribution >= 4 is 60.2 Å². The molecule has 3 heterocycles. The molecule has 0 atom stereocenters. The molecule has 0 saturated carbocycles. The highest BCUT2D eigenvalue weighted by molar-refractivity contribution is 6.27. The van der Waals surface area contributed by atoms with Gasteiger partial charge in [0.05, 0.1) is 22.1 Å². The van der Waals surface area contributed by atoms with Gasteiger partial charge in [-0.3, -0.25) is 0 Å². The fourth-order valence-electron chi connectivity index (χ4n) is 8.91. The van der Waals surface area contributed by atoms with Gasteiger partial charge in [0.15, 0.2) is 11.2 Å². The molecular weight excluding hydrogens is 587 g/mol. The monoisotopic (exact) mass is 607 g/mol. The van der Waals surface area contributed by atoms with Crippen LogP contribution in [-0.4, -0.2) is 14.5 Å². The van der Waals surface area contributed by atoms with Crippen LogP contribution in [-0.2, 0) is 5.41 Å². The lowest BCUT2D eigenvalue weighted by atomic mass is 9.65. The second-order valence-corrected chi connectivity index (χ2v) is 12.7. The topological polar surface area (TPSA) is 58.9 Å². The maximum absolute atomic E-state index is 9.91. The minimum absolute atomic E-state index is 0.0294. The summed E-state index contributed by atoms with van der Waals surface area (Å²) >= 11 is 0. The number of rotatable bonds is 0. The summed E-state index contributed by atoms with van der Waals surface area (Å²) in [5.41, 5.74) is 12.0. The van der Waals surface area contributed by atoms with Crippen molar-refractivity contribution in [1.29, 1.82) is 5.26 Å². The first-order valence-corrected chi connectivity index (χ1v) is 15.9. The Kier molecular flexibility index (Phi) is 4.60. The Bertz CT molecular complexity index is 3000. The summed E-state index contributed by atoms with van der Waals surface area (Å²) in [4.78, 5) is 13.0. The Labute approximate surface area is 274 Å². The fraction of sp³-hybridized carbons (Fsp3) is 0.0233. The molecule has 1 aliphatic heterocycles. The standard InChI is InChI=1S/C43H21N5/c1-45-42-36(23-44)46-40-31-21-30-28-15-10-19-35-41(28)48(38(30)22-29(31)24-11-2-3-14-27(24)39(40)47-42)37-20-9-8-18-34(37)43(35)32-16-6-4-12-25(32)26-13-5-7-17-33(26)43/h2-22H. The highest BCUT2D eigenvalue weighted by Crippen LogP contribution is 2.61. The summed E-state index contributed by atoms with van der Waals surface area (Å²) in [7, 11) is 0. The van der Waals surface area contributed by atoms with E-state index in [2.05, 4.69) is 125 Å². The Morgan fingerprint density at radius 1 is 0.583 bits per heavy atom. The summed E-state index contributed by atoms with van der Waals surface area (Å²) in [6.45, 7) is 7.67. The number of hydrogen-bond acceptors (Lipinski definition) is 3. The van der Waals surface area contributed by atoms with E-state index in [0.29, 0.717) is 11.0 Å². The van der Waals surface area contributed by atoms with E-state index in [1.54, 1.807) is 0 Å². The third-order valence-electron chi connectivity index (χ3n) is 10.6. The largest absolute Gasteiger partial charge is 0.358 e. The summed E-state index contributed by atoms with van der Waals surface area (Å²) < 4.78 is 2.46. The van der Waals surface area contributed by atoms with E-state index in [9.17, 15) is 5.26 Å². The molecule has 0 saturated heterocycles. The van der Waals surface area contributed by atoms with Gasteiger partial charge in [-0.2, -0.15) is 5.26 Å². The molecular formula is C43H21N5. The number of fused-ring (bicyclic) bond motifs is 18. The molecule has 7 aromatic carbocycles.